The van der Waals surface area contributed by atoms with Crippen LogP contribution in [0.3, 0.4) is 0 Å². The Morgan fingerprint density at radius 3 is 2.94 bits per heavy atom. The van der Waals surface area contributed by atoms with Gasteiger partial charge in [-0.25, -0.2) is 0 Å². The fourth-order valence-corrected chi connectivity index (χ4v) is 3.59. The van der Waals surface area contributed by atoms with Gasteiger partial charge in [-0.1, -0.05) is 25.1 Å². The Bertz CT molecular complexity index is 373. The van der Waals surface area contributed by atoms with Crippen LogP contribution >= 0.6 is 11.8 Å². The van der Waals surface area contributed by atoms with Gasteiger partial charge < -0.3 is 5.32 Å². The van der Waals surface area contributed by atoms with Crippen LogP contribution in [0.5, 0.6) is 0 Å². The number of hydrogen-bond donors (Lipinski definition) is 1. The smallest absolute Gasteiger partial charge is 0.0365 e. The first-order chi connectivity index (χ1) is 7.84. The van der Waals surface area contributed by atoms with Crippen molar-refractivity contribution in [1.29, 1.82) is 0 Å². The Balaban J connectivity index is 1.78. The number of thioether (sulfide) groups is 1. The van der Waals surface area contributed by atoms with E-state index in [-0.39, 0.29) is 0 Å². The van der Waals surface area contributed by atoms with Crippen LogP contribution < -0.4 is 5.32 Å². The zero-order chi connectivity index (χ0) is 11.0. The molecule has 1 nitrogen and oxygen atoms in total. The van der Waals surface area contributed by atoms with Crippen LogP contribution in [-0.2, 0) is 0 Å². The van der Waals surface area contributed by atoms with Crippen molar-refractivity contribution in [3.8, 4) is 0 Å². The molecular formula is C14H19NS. The number of fused-ring (bicyclic) bond motifs is 1. The van der Waals surface area contributed by atoms with E-state index in [1.165, 1.54) is 35.6 Å². The monoisotopic (exact) mass is 233 g/mol. The Hall–Kier alpha value is -0.470. The van der Waals surface area contributed by atoms with Crippen LogP contribution in [0.4, 0.5) is 0 Å². The third-order valence-electron chi connectivity index (χ3n) is 3.65. The van der Waals surface area contributed by atoms with Crippen molar-refractivity contribution >= 4 is 11.8 Å². The first-order valence-electron chi connectivity index (χ1n) is 6.29. The van der Waals surface area contributed by atoms with Gasteiger partial charge in [0.25, 0.3) is 0 Å². The summed E-state index contributed by atoms with van der Waals surface area (Å²) in [7, 11) is 0. The average Bonchev–Trinajstić information content (AvgIpc) is 3.12. The quantitative estimate of drug-likeness (QED) is 0.858. The van der Waals surface area contributed by atoms with Gasteiger partial charge in [-0.2, -0.15) is 0 Å². The highest BCUT2D eigenvalue weighted by Gasteiger charge is 2.29. The normalized spacial score (nSPS) is 28.8. The van der Waals surface area contributed by atoms with E-state index in [0.717, 1.165) is 11.8 Å². The summed E-state index contributed by atoms with van der Waals surface area (Å²) < 4.78 is 0. The fraction of sp³-hybridized carbons (Fsp3) is 0.571. The number of nitrogens with one attached hydrogen (secondary N) is 1. The number of benzene rings is 1. The molecule has 0 spiro atoms. The van der Waals surface area contributed by atoms with Gasteiger partial charge in [-0.05, 0) is 42.9 Å². The van der Waals surface area contributed by atoms with Crippen molar-refractivity contribution in [2.45, 2.75) is 30.7 Å². The molecule has 0 aromatic heterocycles. The van der Waals surface area contributed by atoms with Gasteiger partial charge in [-0.15, -0.1) is 11.8 Å². The Labute approximate surface area is 102 Å². The van der Waals surface area contributed by atoms with Crippen LogP contribution in [0.1, 0.15) is 31.4 Å². The minimum absolute atomic E-state index is 0.582. The summed E-state index contributed by atoms with van der Waals surface area (Å²) in [6.45, 7) is 3.58. The molecule has 0 amide bonds. The van der Waals surface area contributed by atoms with Crippen LogP contribution in [0.25, 0.3) is 0 Å². The second-order valence-corrected chi connectivity index (χ2v) is 6.22. The molecule has 1 N–H and O–H groups in total. The predicted octanol–water partition coefficient (Wildman–Crippen LogP) is 3.47. The molecule has 1 aliphatic carbocycles. The van der Waals surface area contributed by atoms with E-state index in [4.69, 9.17) is 0 Å². The van der Waals surface area contributed by atoms with E-state index in [1.54, 1.807) is 0 Å². The highest BCUT2D eigenvalue weighted by atomic mass is 32.2. The van der Waals surface area contributed by atoms with Gasteiger partial charge in [0.05, 0.1) is 0 Å². The standard InChI is InChI=1S/C14H19NS/c1-10-9-16-13-5-3-2-4-12(13)14(10)15-8-11-6-7-11/h2-5,10-11,14-15H,6-9H2,1H3. The highest BCUT2D eigenvalue weighted by molar-refractivity contribution is 7.99. The molecule has 16 heavy (non-hydrogen) atoms. The van der Waals surface area contributed by atoms with E-state index in [1.807, 2.05) is 11.8 Å². The highest BCUT2D eigenvalue weighted by Crippen LogP contribution is 2.40. The van der Waals surface area contributed by atoms with Crippen molar-refractivity contribution in [3.63, 3.8) is 0 Å². The molecule has 1 aliphatic heterocycles. The molecule has 2 atom stereocenters. The maximum absolute atomic E-state index is 3.78. The molecule has 3 rings (SSSR count). The fourth-order valence-electron chi connectivity index (χ4n) is 2.42. The second-order valence-electron chi connectivity index (χ2n) is 5.16. The zero-order valence-corrected chi connectivity index (χ0v) is 10.6. The summed E-state index contributed by atoms with van der Waals surface area (Å²) in [4.78, 5) is 1.48. The van der Waals surface area contributed by atoms with Crippen molar-refractivity contribution in [2.75, 3.05) is 12.3 Å². The lowest BCUT2D eigenvalue weighted by atomic mass is 9.95. The van der Waals surface area contributed by atoms with E-state index >= 15 is 0 Å². The summed E-state index contributed by atoms with van der Waals surface area (Å²) in [6.07, 6.45) is 2.87. The topological polar surface area (TPSA) is 12.0 Å². The lowest BCUT2D eigenvalue weighted by molar-refractivity contribution is 0.400. The van der Waals surface area contributed by atoms with Crippen LogP contribution in [-0.4, -0.2) is 12.3 Å². The van der Waals surface area contributed by atoms with Crippen molar-refractivity contribution in [3.05, 3.63) is 29.8 Å². The molecule has 0 saturated heterocycles. The molecule has 1 heterocycles. The Kier molecular flexibility index (Phi) is 2.95. The van der Waals surface area contributed by atoms with Crippen LogP contribution in [0, 0.1) is 11.8 Å². The zero-order valence-electron chi connectivity index (χ0n) is 9.78. The SMILES string of the molecule is CC1CSc2ccccc2C1NCC1CC1. The molecule has 2 heteroatoms. The maximum Gasteiger partial charge on any atom is 0.0365 e. The first-order valence-corrected chi connectivity index (χ1v) is 7.28. The summed E-state index contributed by atoms with van der Waals surface area (Å²) in [5, 5.41) is 3.78. The molecule has 0 radical (unpaired) electrons. The lowest BCUT2D eigenvalue weighted by Crippen LogP contribution is -2.32. The summed E-state index contributed by atoms with van der Waals surface area (Å²) in [5.41, 5.74) is 1.52. The van der Waals surface area contributed by atoms with E-state index in [0.29, 0.717) is 6.04 Å². The van der Waals surface area contributed by atoms with Gasteiger partial charge in [0, 0.05) is 16.7 Å². The minimum Gasteiger partial charge on any atom is -0.309 e. The molecule has 1 saturated carbocycles. The molecule has 1 fully saturated rings. The Morgan fingerprint density at radius 1 is 1.31 bits per heavy atom. The average molecular weight is 233 g/mol. The predicted molar refractivity (Wildman–Crippen MR) is 69.8 cm³/mol. The van der Waals surface area contributed by atoms with Gasteiger partial charge in [-0.3, -0.25) is 0 Å². The third kappa shape index (κ3) is 2.14. The summed E-state index contributed by atoms with van der Waals surface area (Å²) in [6, 6.07) is 9.46. The van der Waals surface area contributed by atoms with E-state index < -0.39 is 0 Å². The van der Waals surface area contributed by atoms with Crippen LogP contribution in [0.15, 0.2) is 29.2 Å². The molecule has 0 bridgehead atoms. The number of hydrogen-bond acceptors (Lipinski definition) is 2. The van der Waals surface area contributed by atoms with Crippen molar-refractivity contribution < 1.29 is 0 Å². The minimum atomic E-state index is 0.582. The lowest BCUT2D eigenvalue weighted by Gasteiger charge is -2.31. The van der Waals surface area contributed by atoms with Gasteiger partial charge >= 0.3 is 0 Å². The summed E-state index contributed by atoms with van der Waals surface area (Å²) in [5.74, 6) is 2.96. The third-order valence-corrected chi connectivity index (χ3v) is 5.02. The number of rotatable bonds is 3. The van der Waals surface area contributed by atoms with Gasteiger partial charge in [0.15, 0.2) is 0 Å². The molecular weight excluding hydrogens is 214 g/mol. The summed E-state index contributed by atoms with van der Waals surface area (Å²) >= 11 is 2.01. The van der Waals surface area contributed by atoms with Crippen molar-refractivity contribution in [1.82, 2.24) is 5.32 Å². The van der Waals surface area contributed by atoms with Crippen LogP contribution in [0.2, 0.25) is 0 Å². The van der Waals surface area contributed by atoms with Crippen molar-refractivity contribution in [2.24, 2.45) is 11.8 Å². The molecule has 1 aromatic carbocycles. The first kappa shape index (κ1) is 10.7. The van der Waals surface area contributed by atoms with Gasteiger partial charge in [0.2, 0.25) is 0 Å². The molecule has 1 aromatic rings. The Morgan fingerprint density at radius 2 is 2.12 bits per heavy atom. The molecule has 2 aliphatic rings. The molecule has 86 valence electrons. The molecule has 2 unspecified atom stereocenters. The second kappa shape index (κ2) is 4.42. The maximum atomic E-state index is 3.78. The van der Waals surface area contributed by atoms with E-state index in [9.17, 15) is 0 Å². The largest absolute Gasteiger partial charge is 0.309 e. The van der Waals surface area contributed by atoms with E-state index in [2.05, 4.69) is 36.5 Å². The van der Waals surface area contributed by atoms with Gasteiger partial charge in [0.1, 0.15) is 0 Å².